The molecule has 0 amide bonds. The van der Waals surface area contributed by atoms with Crippen LogP contribution in [0.5, 0.6) is 0 Å². The maximum Gasteiger partial charge on any atom is 0.512 e. The first-order valence-electron chi connectivity index (χ1n) is 4.75. The second-order valence-corrected chi connectivity index (χ2v) is 8.50. The molecule has 1 aromatic carbocycles. The van der Waals surface area contributed by atoms with E-state index in [1.165, 1.54) is 0 Å². The minimum atomic E-state index is -6.10. The quantitative estimate of drug-likeness (QED) is 0.631. The molecule has 0 aromatic heterocycles. The molecule has 0 fully saturated rings. The predicted molar refractivity (Wildman–Crippen MR) is 64.1 cm³/mol. The van der Waals surface area contributed by atoms with Gasteiger partial charge in [-0.05, 0) is 12.1 Å². The number of alkyl halides is 3. The van der Waals surface area contributed by atoms with Gasteiger partial charge in [-0.3, -0.25) is 0 Å². The molecular formula is C8H6F5NO4S3. The van der Waals surface area contributed by atoms with E-state index in [0.29, 0.717) is 4.13 Å². The third-order valence-corrected chi connectivity index (χ3v) is 6.67. The fourth-order valence-electron chi connectivity index (χ4n) is 0.975. The highest BCUT2D eigenvalue weighted by Crippen LogP contribution is 2.26. The summed E-state index contributed by atoms with van der Waals surface area (Å²) in [6, 6.07) is 2.78. The van der Waals surface area contributed by atoms with Gasteiger partial charge in [0.1, 0.15) is 5.08 Å². The van der Waals surface area contributed by atoms with E-state index in [1.54, 1.807) is 0 Å². The second-order valence-electron chi connectivity index (χ2n) is 3.46. The highest BCUT2D eigenvalue weighted by atomic mass is 32.3. The molecule has 0 radical (unpaired) electrons. The van der Waals surface area contributed by atoms with Gasteiger partial charge >= 0.3 is 15.5 Å². The van der Waals surface area contributed by atoms with Crippen molar-refractivity contribution in [2.24, 2.45) is 0 Å². The van der Waals surface area contributed by atoms with Crippen molar-refractivity contribution in [2.75, 3.05) is 5.08 Å². The summed E-state index contributed by atoms with van der Waals surface area (Å²) in [6.07, 6.45) is 0. The molecule has 120 valence electrons. The zero-order chi connectivity index (χ0) is 16.5. The Morgan fingerprint density at radius 3 is 2.19 bits per heavy atom. The standard InChI is InChI=1S/C8H6F5NO4S3/c9-5-2-1-3-6(7(5)10)19-4-20(15,16)14-21(17,18)8(11,12)13/h1-3,14H,4H2. The molecule has 0 aliphatic heterocycles. The average Bonchev–Trinajstić information content (AvgIpc) is 2.28. The third-order valence-electron chi connectivity index (χ3n) is 1.83. The van der Waals surface area contributed by atoms with Crippen molar-refractivity contribution in [1.82, 2.24) is 4.13 Å². The topological polar surface area (TPSA) is 80.3 Å². The Hall–Kier alpha value is -0.920. The van der Waals surface area contributed by atoms with E-state index in [-0.39, 0.29) is 11.8 Å². The van der Waals surface area contributed by atoms with Gasteiger partial charge in [0.2, 0.25) is 10.0 Å². The number of nitrogens with one attached hydrogen (secondary N) is 1. The summed E-state index contributed by atoms with van der Waals surface area (Å²) >= 11 is 0.122. The Morgan fingerprint density at radius 1 is 1.10 bits per heavy atom. The number of hydrogen-bond acceptors (Lipinski definition) is 5. The first-order valence-corrected chi connectivity index (χ1v) is 8.87. The van der Waals surface area contributed by atoms with Gasteiger partial charge in [-0.2, -0.15) is 13.2 Å². The van der Waals surface area contributed by atoms with Crippen molar-refractivity contribution in [3.8, 4) is 0 Å². The third kappa shape index (κ3) is 4.79. The van der Waals surface area contributed by atoms with Gasteiger partial charge in [0, 0.05) is 4.90 Å². The fraction of sp³-hybridized carbons (Fsp3) is 0.250. The molecule has 1 N–H and O–H groups in total. The van der Waals surface area contributed by atoms with E-state index in [1.807, 2.05) is 0 Å². The molecule has 1 rings (SSSR count). The monoisotopic (exact) mass is 371 g/mol. The zero-order valence-electron chi connectivity index (χ0n) is 9.69. The molecule has 0 saturated carbocycles. The first-order chi connectivity index (χ1) is 9.36. The van der Waals surface area contributed by atoms with E-state index in [2.05, 4.69) is 0 Å². The summed E-state index contributed by atoms with van der Waals surface area (Å²) in [5, 5.41) is -1.25. The van der Waals surface area contributed by atoms with E-state index < -0.39 is 47.2 Å². The Morgan fingerprint density at radius 2 is 1.67 bits per heavy atom. The summed E-state index contributed by atoms with van der Waals surface area (Å²) in [5.74, 6) is -2.68. The van der Waals surface area contributed by atoms with Gasteiger partial charge in [-0.25, -0.2) is 25.6 Å². The van der Waals surface area contributed by atoms with E-state index in [9.17, 15) is 38.8 Å². The van der Waals surface area contributed by atoms with Crippen molar-refractivity contribution < 1.29 is 38.8 Å². The van der Waals surface area contributed by atoms with Crippen LogP contribution in [-0.4, -0.2) is 27.4 Å². The molecule has 0 unspecified atom stereocenters. The Labute approximate surface area is 120 Å². The minimum absolute atomic E-state index is 0.122. The maximum absolute atomic E-state index is 13.2. The number of benzene rings is 1. The van der Waals surface area contributed by atoms with Crippen LogP contribution in [0, 0.1) is 11.6 Å². The number of halogens is 5. The summed E-state index contributed by atoms with van der Waals surface area (Å²) in [7, 11) is -11.0. The smallest absolute Gasteiger partial charge is 0.211 e. The number of rotatable bonds is 5. The molecule has 0 saturated heterocycles. The first kappa shape index (κ1) is 18.1. The summed E-state index contributed by atoms with van der Waals surface area (Å²) in [6.45, 7) is 0. The van der Waals surface area contributed by atoms with Gasteiger partial charge in [-0.1, -0.05) is 6.07 Å². The van der Waals surface area contributed by atoms with Crippen LogP contribution >= 0.6 is 11.8 Å². The summed E-state index contributed by atoms with van der Waals surface area (Å²) < 4.78 is 106. The van der Waals surface area contributed by atoms with Crippen molar-refractivity contribution in [3.05, 3.63) is 29.8 Å². The van der Waals surface area contributed by atoms with Gasteiger partial charge in [0.05, 0.1) is 0 Å². The van der Waals surface area contributed by atoms with Crippen LogP contribution in [0.1, 0.15) is 0 Å². The van der Waals surface area contributed by atoms with Crippen LogP contribution in [-0.2, 0) is 20.0 Å². The average molecular weight is 371 g/mol. The summed E-state index contributed by atoms with van der Waals surface area (Å²) in [5.41, 5.74) is -5.81. The Balaban J connectivity index is 2.86. The van der Waals surface area contributed by atoms with Crippen molar-refractivity contribution in [1.29, 1.82) is 0 Å². The molecule has 0 bridgehead atoms. The van der Waals surface area contributed by atoms with Crippen LogP contribution in [0.2, 0.25) is 0 Å². The molecule has 0 spiro atoms. The van der Waals surface area contributed by atoms with Crippen molar-refractivity contribution >= 4 is 31.8 Å². The van der Waals surface area contributed by atoms with Crippen LogP contribution in [0.25, 0.3) is 0 Å². The van der Waals surface area contributed by atoms with Gasteiger partial charge in [-0.15, -0.1) is 15.9 Å². The van der Waals surface area contributed by atoms with Crippen LogP contribution < -0.4 is 4.13 Å². The number of hydrogen-bond donors (Lipinski definition) is 1. The fourth-order valence-corrected chi connectivity index (χ4v) is 4.84. The molecule has 1 aromatic rings. The highest BCUT2D eigenvalue weighted by Gasteiger charge is 2.48. The van der Waals surface area contributed by atoms with Gasteiger partial charge in [0.25, 0.3) is 0 Å². The van der Waals surface area contributed by atoms with Crippen molar-refractivity contribution in [3.63, 3.8) is 0 Å². The maximum atomic E-state index is 13.2. The lowest BCUT2D eigenvalue weighted by Gasteiger charge is -2.10. The number of thioether (sulfide) groups is 1. The number of sulfonamides is 2. The van der Waals surface area contributed by atoms with Crippen LogP contribution in [0.4, 0.5) is 22.0 Å². The lowest BCUT2D eigenvalue weighted by Crippen LogP contribution is -2.40. The molecule has 0 heterocycles. The van der Waals surface area contributed by atoms with Gasteiger partial charge < -0.3 is 0 Å². The molecule has 21 heavy (non-hydrogen) atoms. The van der Waals surface area contributed by atoms with Gasteiger partial charge in [0.15, 0.2) is 11.6 Å². The molecule has 13 heteroatoms. The van der Waals surface area contributed by atoms with Crippen LogP contribution in [0.15, 0.2) is 23.1 Å². The molecule has 0 atom stereocenters. The predicted octanol–water partition coefficient (Wildman–Crippen LogP) is 1.78. The van der Waals surface area contributed by atoms with E-state index >= 15 is 0 Å². The Kier molecular flexibility index (Phi) is 5.23. The Bertz CT molecular complexity index is 729. The molecule has 5 nitrogen and oxygen atoms in total. The summed E-state index contributed by atoms with van der Waals surface area (Å²) in [4.78, 5) is -0.496. The van der Waals surface area contributed by atoms with E-state index in [0.717, 1.165) is 18.2 Å². The zero-order valence-corrected chi connectivity index (χ0v) is 12.1. The van der Waals surface area contributed by atoms with Crippen LogP contribution in [0.3, 0.4) is 0 Å². The molecular weight excluding hydrogens is 365 g/mol. The second kappa shape index (κ2) is 6.06. The molecule has 0 aliphatic carbocycles. The SMILES string of the molecule is O=S(=O)(CSc1cccc(F)c1F)NS(=O)(=O)C(F)(F)F. The van der Waals surface area contributed by atoms with Crippen molar-refractivity contribution in [2.45, 2.75) is 10.4 Å². The molecule has 0 aliphatic rings. The lowest BCUT2D eigenvalue weighted by molar-refractivity contribution is -0.0441. The van der Waals surface area contributed by atoms with E-state index in [4.69, 9.17) is 0 Å². The normalized spacial score (nSPS) is 13.4. The highest BCUT2D eigenvalue weighted by molar-refractivity contribution is 8.15. The lowest BCUT2D eigenvalue weighted by atomic mass is 10.3. The minimum Gasteiger partial charge on any atom is -0.211 e. The largest absolute Gasteiger partial charge is 0.512 e.